The highest BCUT2D eigenvalue weighted by atomic mass is 19.1. The van der Waals surface area contributed by atoms with Gasteiger partial charge in [-0.25, -0.2) is 4.39 Å². The molecule has 0 bridgehead atoms. The van der Waals surface area contributed by atoms with E-state index in [9.17, 15) is 4.39 Å². The summed E-state index contributed by atoms with van der Waals surface area (Å²) < 4.78 is 12.5. The third-order valence-electron chi connectivity index (χ3n) is 2.69. The molecule has 0 aromatic carbocycles. The molecule has 0 aromatic rings. The first-order chi connectivity index (χ1) is 5.36. The summed E-state index contributed by atoms with van der Waals surface area (Å²) in [4.78, 5) is 2.27. The molecular weight excluding hydrogens is 143 g/mol. The zero-order chi connectivity index (χ0) is 7.68. The Morgan fingerprint density at radius 2 is 1.82 bits per heavy atom. The van der Waals surface area contributed by atoms with E-state index in [1.807, 2.05) is 0 Å². The average molecular weight is 158 g/mol. The van der Waals surface area contributed by atoms with Gasteiger partial charge in [0, 0.05) is 19.1 Å². The molecule has 2 aliphatic rings. The Bertz CT molecular complexity index is 128. The van der Waals surface area contributed by atoms with E-state index in [1.165, 1.54) is 12.8 Å². The Balaban J connectivity index is 1.76. The SMILES string of the molecule is FC1CN(C2CCNCC2)C1. The molecule has 0 aliphatic carbocycles. The highest BCUT2D eigenvalue weighted by Crippen LogP contribution is 2.20. The second-order valence-corrected chi connectivity index (χ2v) is 3.53. The largest absolute Gasteiger partial charge is 0.317 e. The summed E-state index contributed by atoms with van der Waals surface area (Å²) in [6, 6.07) is 0.670. The number of likely N-dealkylation sites (tertiary alicyclic amines) is 1. The van der Waals surface area contributed by atoms with Crippen molar-refractivity contribution in [3.8, 4) is 0 Å². The molecule has 2 fully saturated rings. The number of piperidine rings is 1. The lowest BCUT2D eigenvalue weighted by Crippen LogP contribution is -2.55. The van der Waals surface area contributed by atoms with Crippen LogP contribution in [-0.4, -0.2) is 43.3 Å². The van der Waals surface area contributed by atoms with E-state index in [0.717, 1.165) is 13.1 Å². The van der Waals surface area contributed by atoms with Crippen molar-refractivity contribution in [1.82, 2.24) is 10.2 Å². The van der Waals surface area contributed by atoms with E-state index in [0.29, 0.717) is 19.1 Å². The van der Waals surface area contributed by atoms with Crippen molar-refractivity contribution in [2.24, 2.45) is 0 Å². The van der Waals surface area contributed by atoms with Gasteiger partial charge in [-0.05, 0) is 25.9 Å². The van der Waals surface area contributed by atoms with E-state index in [-0.39, 0.29) is 0 Å². The van der Waals surface area contributed by atoms with Crippen LogP contribution in [0.2, 0.25) is 0 Å². The van der Waals surface area contributed by atoms with Gasteiger partial charge < -0.3 is 5.32 Å². The van der Waals surface area contributed by atoms with Crippen LogP contribution >= 0.6 is 0 Å². The zero-order valence-corrected chi connectivity index (χ0v) is 6.72. The van der Waals surface area contributed by atoms with Crippen LogP contribution < -0.4 is 5.32 Å². The minimum Gasteiger partial charge on any atom is -0.317 e. The standard InChI is InChI=1S/C8H15FN2/c9-7-5-11(6-7)8-1-3-10-4-2-8/h7-8,10H,1-6H2. The number of hydrogen-bond acceptors (Lipinski definition) is 2. The fourth-order valence-electron chi connectivity index (χ4n) is 1.93. The molecule has 2 heterocycles. The molecule has 0 unspecified atom stereocenters. The lowest BCUT2D eigenvalue weighted by Gasteiger charge is -2.42. The number of nitrogens with zero attached hydrogens (tertiary/aromatic N) is 1. The van der Waals surface area contributed by atoms with Crippen molar-refractivity contribution < 1.29 is 4.39 Å². The average Bonchev–Trinajstić information content (AvgIpc) is 2.01. The third-order valence-corrected chi connectivity index (χ3v) is 2.69. The van der Waals surface area contributed by atoms with Gasteiger partial charge in [0.05, 0.1) is 0 Å². The zero-order valence-electron chi connectivity index (χ0n) is 6.72. The fourth-order valence-corrected chi connectivity index (χ4v) is 1.93. The van der Waals surface area contributed by atoms with Crippen LogP contribution in [0, 0.1) is 0 Å². The second kappa shape index (κ2) is 3.07. The maximum absolute atomic E-state index is 12.5. The van der Waals surface area contributed by atoms with E-state index in [1.54, 1.807) is 0 Å². The monoisotopic (exact) mass is 158 g/mol. The maximum Gasteiger partial charge on any atom is 0.125 e. The predicted octanol–water partition coefficient (Wildman–Crippen LogP) is 0.392. The normalized spacial score (nSPS) is 30.3. The summed E-state index contributed by atoms with van der Waals surface area (Å²) in [6.07, 6.45) is 1.87. The number of hydrogen-bond donors (Lipinski definition) is 1. The first-order valence-corrected chi connectivity index (χ1v) is 4.45. The van der Waals surface area contributed by atoms with Crippen LogP contribution in [0.15, 0.2) is 0 Å². The molecule has 0 spiro atoms. The first-order valence-electron chi connectivity index (χ1n) is 4.45. The van der Waals surface area contributed by atoms with Gasteiger partial charge in [0.25, 0.3) is 0 Å². The Morgan fingerprint density at radius 1 is 1.18 bits per heavy atom. The summed E-state index contributed by atoms with van der Waals surface area (Å²) in [7, 11) is 0. The Kier molecular flexibility index (Phi) is 2.09. The fraction of sp³-hybridized carbons (Fsp3) is 1.00. The van der Waals surface area contributed by atoms with Crippen molar-refractivity contribution in [2.75, 3.05) is 26.2 Å². The van der Waals surface area contributed by atoms with E-state index in [4.69, 9.17) is 0 Å². The van der Waals surface area contributed by atoms with Crippen molar-refractivity contribution in [3.05, 3.63) is 0 Å². The molecule has 2 saturated heterocycles. The predicted molar refractivity (Wildman–Crippen MR) is 42.4 cm³/mol. The molecule has 11 heavy (non-hydrogen) atoms. The third kappa shape index (κ3) is 1.54. The van der Waals surface area contributed by atoms with Crippen LogP contribution in [0.1, 0.15) is 12.8 Å². The van der Waals surface area contributed by atoms with Gasteiger partial charge in [-0.1, -0.05) is 0 Å². The lowest BCUT2D eigenvalue weighted by molar-refractivity contribution is 0.0166. The summed E-state index contributed by atoms with van der Waals surface area (Å²) in [5.41, 5.74) is 0. The summed E-state index contributed by atoms with van der Waals surface area (Å²) in [6.45, 7) is 3.59. The molecular formula is C8H15FN2. The minimum atomic E-state index is -0.537. The topological polar surface area (TPSA) is 15.3 Å². The van der Waals surface area contributed by atoms with Crippen LogP contribution in [0.25, 0.3) is 0 Å². The first kappa shape index (κ1) is 7.50. The molecule has 0 atom stereocenters. The summed E-state index contributed by atoms with van der Waals surface area (Å²) >= 11 is 0. The maximum atomic E-state index is 12.5. The second-order valence-electron chi connectivity index (χ2n) is 3.53. The van der Waals surface area contributed by atoms with Gasteiger partial charge >= 0.3 is 0 Å². The van der Waals surface area contributed by atoms with Crippen molar-refractivity contribution in [1.29, 1.82) is 0 Å². The number of alkyl halides is 1. The van der Waals surface area contributed by atoms with E-state index in [2.05, 4.69) is 10.2 Å². The molecule has 0 saturated carbocycles. The van der Waals surface area contributed by atoms with Gasteiger partial charge in [0.15, 0.2) is 0 Å². The van der Waals surface area contributed by atoms with Gasteiger partial charge in [-0.15, -0.1) is 0 Å². The molecule has 1 N–H and O–H groups in total. The molecule has 0 radical (unpaired) electrons. The van der Waals surface area contributed by atoms with E-state index < -0.39 is 6.17 Å². The smallest absolute Gasteiger partial charge is 0.125 e. The van der Waals surface area contributed by atoms with Crippen LogP contribution in [0.3, 0.4) is 0 Å². The van der Waals surface area contributed by atoms with Crippen molar-refractivity contribution in [2.45, 2.75) is 25.1 Å². The molecule has 2 nitrogen and oxygen atoms in total. The minimum absolute atomic E-state index is 0.537. The molecule has 2 aliphatic heterocycles. The molecule has 2 rings (SSSR count). The molecule has 0 aromatic heterocycles. The van der Waals surface area contributed by atoms with Gasteiger partial charge in [0.1, 0.15) is 6.17 Å². The van der Waals surface area contributed by atoms with Gasteiger partial charge in [0.2, 0.25) is 0 Å². The molecule has 0 amide bonds. The highest BCUT2D eigenvalue weighted by molar-refractivity contribution is 4.87. The highest BCUT2D eigenvalue weighted by Gasteiger charge is 2.32. The van der Waals surface area contributed by atoms with Gasteiger partial charge in [-0.3, -0.25) is 4.90 Å². The Morgan fingerprint density at radius 3 is 2.36 bits per heavy atom. The quantitative estimate of drug-likeness (QED) is 0.594. The van der Waals surface area contributed by atoms with Crippen molar-refractivity contribution >= 4 is 0 Å². The van der Waals surface area contributed by atoms with Crippen LogP contribution in [-0.2, 0) is 0 Å². The number of rotatable bonds is 1. The number of halogens is 1. The van der Waals surface area contributed by atoms with Crippen molar-refractivity contribution in [3.63, 3.8) is 0 Å². The summed E-state index contributed by atoms with van der Waals surface area (Å²) in [5.74, 6) is 0. The lowest BCUT2D eigenvalue weighted by atomic mass is 10.0. The van der Waals surface area contributed by atoms with Gasteiger partial charge in [-0.2, -0.15) is 0 Å². The number of nitrogens with one attached hydrogen (secondary N) is 1. The van der Waals surface area contributed by atoms with E-state index >= 15 is 0 Å². The summed E-state index contributed by atoms with van der Waals surface area (Å²) in [5, 5.41) is 3.31. The van der Waals surface area contributed by atoms with Crippen LogP contribution in [0.5, 0.6) is 0 Å². The molecule has 3 heteroatoms. The van der Waals surface area contributed by atoms with Crippen LogP contribution in [0.4, 0.5) is 4.39 Å². The Hall–Kier alpha value is -0.150. The Labute approximate surface area is 66.8 Å². The molecule has 64 valence electrons.